The topological polar surface area (TPSA) is 36.4 Å². The molecule has 1 heterocycles. The van der Waals surface area contributed by atoms with Gasteiger partial charge in [-0.2, -0.15) is 0 Å². The molecule has 1 aromatic heterocycles. The fourth-order valence-corrected chi connectivity index (χ4v) is 1.10. The molecule has 0 aliphatic rings. The Balaban J connectivity index is 2.44. The van der Waals surface area contributed by atoms with Crippen LogP contribution in [0.4, 0.5) is 0 Å². The second kappa shape index (κ2) is 4.94. The number of pyridine rings is 1. The number of aliphatic hydroxyl groups is 1. The number of aliphatic hydroxyl groups excluding tert-OH is 1. The van der Waals surface area contributed by atoms with Crippen molar-refractivity contribution in [2.45, 2.75) is 12.5 Å². The van der Waals surface area contributed by atoms with Gasteiger partial charge in [-0.1, -0.05) is 6.07 Å². The Hall–Kier alpha value is -0.930. The van der Waals surface area contributed by atoms with Crippen molar-refractivity contribution in [2.24, 2.45) is 0 Å². The van der Waals surface area contributed by atoms with Gasteiger partial charge >= 0.3 is 0 Å². The highest BCUT2D eigenvalue weighted by Crippen LogP contribution is 2.12. The van der Waals surface area contributed by atoms with Gasteiger partial charge in [0.2, 0.25) is 0 Å². The zero-order valence-electron chi connectivity index (χ0n) is 8.14. The van der Waals surface area contributed by atoms with E-state index in [4.69, 9.17) is 0 Å². The van der Waals surface area contributed by atoms with Gasteiger partial charge in [0.1, 0.15) is 0 Å². The van der Waals surface area contributed by atoms with E-state index in [9.17, 15) is 5.11 Å². The summed E-state index contributed by atoms with van der Waals surface area (Å²) in [6.07, 6.45) is 1.99. The summed E-state index contributed by atoms with van der Waals surface area (Å²) < 4.78 is 0. The molecule has 0 saturated carbocycles. The van der Waals surface area contributed by atoms with Crippen LogP contribution in [0.25, 0.3) is 0 Å². The molecule has 0 spiro atoms. The summed E-state index contributed by atoms with van der Waals surface area (Å²) in [4.78, 5) is 6.14. The molecule has 0 fully saturated rings. The summed E-state index contributed by atoms with van der Waals surface area (Å²) in [5.74, 6) is 0. The zero-order chi connectivity index (χ0) is 9.68. The van der Waals surface area contributed by atoms with Crippen molar-refractivity contribution in [2.75, 3.05) is 20.6 Å². The number of rotatable bonds is 4. The van der Waals surface area contributed by atoms with Crippen LogP contribution in [-0.2, 0) is 0 Å². The summed E-state index contributed by atoms with van der Waals surface area (Å²) in [5, 5.41) is 9.68. The van der Waals surface area contributed by atoms with Gasteiger partial charge < -0.3 is 10.0 Å². The van der Waals surface area contributed by atoms with Gasteiger partial charge in [-0.05, 0) is 32.6 Å². The van der Waals surface area contributed by atoms with E-state index in [1.807, 2.05) is 37.2 Å². The van der Waals surface area contributed by atoms with Crippen LogP contribution in [0.15, 0.2) is 24.4 Å². The van der Waals surface area contributed by atoms with Gasteiger partial charge in [-0.25, -0.2) is 0 Å². The van der Waals surface area contributed by atoms with E-state index in [0.29, 0.717) is 0 Å². The third kappa shape index (κ3) is 3.53. The molecule has 0 aromatic carbocycles. The van der Waals surface area contributed by atoms with Gasteiger partial charge in [0.15, 0.2) is 0 Å². The van der Waals surface area contributed by atoms with E-state index < -0.39 is 6.10 Å². The molecule has 0 amide bonds. The Bertz CT molecular complexity index is 236. The standard InChI is InChI=1S/C10H16N2O/c1-12(2)8-6-10(13)9-5-3-4-7-11-9/h3-5,7,10,13H,6,8H2,1-2H3. The predicted molar refractivity (Wildman–Crippen MR) is 52.4 cm³/mol. The molecule has 0 saturated heterocycles. The van der Waals surface area contributed by atoms with Crippen molar-refractivity contribution in [3.8, 4) is 0 Å². The highest BCUT2D eigenvalue weighted by atomic mass is 16.3. The zero-order valence-corrected chi connectivity index (χ0v) is 8.14. The molecule has 1 unspecified atom stereocenters. The fraction of sp³-hybridized carbons (Fsp3) is 0.500. The van der Waals surface area contributed by atoms with Gasteiger partial charge in [0.05, 0.1) is 11.8 Å². The van der Waals surface area contributed by atoms with Gasteiger partial charge in [0, 0.05) is 12.7 Å². The minimum Gasteiger partial charge on any atom is -0.387 e. The van der Waals surface area contributed by atoms with Crippen LogP contribution in [0, 0.1) is 0 Å². The molecule has 0 radical (unpaired) electrons. The summed E-state index contributed by atoms with van der Waals surface area (Å²) >= 11 is 0. The number of hydrogen-bond acceptors (Lipinski definition) is 3. The third-order valence-corrected chi connectivity index (χ3v) is 1.88. The molecule has 13 heavy (non-hydrogen) atoms. The lowest BCUT2D eigenvalue weighted by Crippen LogP contribution is -2.16. The van der Waals surface area contributed by atoms with Crippen LogP contribution in [0.1, 0.15) is 18.2 Å². The molecule has 3 heteroatoms. The lowest BCUT2D eigenvalue weighted by atomic mass is 10.1. The van der Waals surface area contributed by atoms with E-state index in [-0.39, 0.29) is 0 Å². The van der Waals surface area contributed by atoms with Crippen molar-refractivity contribution in [1.82, 2.24) is 9.88 Å². The molecule has 0 aliphatic carbocycles. The lowest BCUT2D eigenvalue weighted by Gasteiger charge is -2.13. The summed E-state index contributed by atoms with van der Waals surface area (Å²) in [7, 11) is 3.98. The molecule has 1 aromatic rings. The SMILES string of the molecule is CN(C)CCC(O)c1ccccn1. The second-order valence-electron chi connectivity index (χ2n) is 3.36. The monoisotopic (exact) mass is 180 g/mol. The highest BCUT2D eigenvalue weighted by molar-refractivity contribution is 5.06. The maximum atomic E-state index is 9.68. The van der Waals surface area contributed by atoms with Crippen LogP contribution in [0.5, 0.6) is 0 Å². The van der Waals surface area contributed by atoms with Gasteiger partial charge in [0.25, 0.3) is 0 Å². The first-order valence-electron chi connectivity index (χ1n) is 4.44. The van der Waals surface area contributed by atoms with Crippen molar-refractivity contribution < 1.29 is 5.11 Å². The normalized spacial score (nSPS) is 13.2. The van der Waals surface area contributed by atoms with Crippen LogP contribution in [-0.4, -0.2) is 35.6 Å². The van der Waals surface area contributed by atoms with E-state index in [0.717, 1.165) is 18.7 Å². The fourth-order valence-electron chi connectivity index (χ4n) is 1.10. The smallest absolute Gasteiger partial charge is 0.0971 e. The Morgan fingerprint density at radius 1 is 1.46 bits per heavy atom. The maximum Gasteiger partial charge on any atom is 0.0971 e. The first-order chi connectivity index (χ1) is 6.20. The highest BCUT2D eigenvalue weighted by Gasteiger charge is 2.07. The lowest BCUT2D eigenvalue weighted by molar-refractivity contribution is 0.150. The van der Waals surface area contributed by atoms with E-state index in [2.05, 4.69) is 4.98 Å². The number of aromatic nitrogens is 1. The molecular formula is C10H16N2O. The average molecular weight is 180 g/mol. The minimum atomic E-state index is -0.441. The number of nitrogens with zero attached hydrogens (tertiary/aromatic N) is 2. The number of hydrogen-bond donors (Lipinski definition) is 1. The Morgan fingerprint density at radius 2 is 2.23 bits per heavy atom. The largest absolute Gasteiger partial charge is 0.387 e. The molecule has 3 nitrogen and oxygen atoms in total. The first kappa shape index (κ1) is 10.2. The summed E-state index contributed by atoms with van der Waals surface area (Å²) in [5.41, 5.74) is 0.754. The van der Waals surface area contributed by atoms with Gasteiger partial charge in [-0.3, -0.25) is 4.98 Å². The maximum absolute atomic E-state index is 9.68. The Morgan fingerprint density at radius 3 is 2.77 bits per heavy atom. The molecule has 0 bridgehead atoms. The van der Waals surface area contributed by atoms with Crippen LogP contribution in [0.2, 0.25) is 0 Å². The molecule has 72 valence electrons. The molecular weight excluding hydrogens is 164 g/mol. The third-order valence-electron chi connectivity index (χ3n) is 1.88. The van der Waals surface area contributed by atoms with E-state index in [1.165, 1.54) is 0 Å². The van der Waals surface area contributed by atoms with Crippen molar-refractivity contribution in [1.29, 1.82) is 0 Å². The minimum absolute atomic E-state index is 0.441. The Labute approximate surface area is 79.0 Å². The summed E-state index contributed by atoms with van der Waals surface area (Å²) in [6.45, 7) is 0.873. The predicted octanol–water partition coefficient (Wildman–Crippen LogP) is 1.07. The van der Waals surface area contributed by atoms with Crippen molar-refractivity contribution >= 4 is 0 Å². The van der Waals surface area contributed by atoms with Crippen molar-refractivity contribution in [3.63, 3.8) is 0 Å². The second-order valence-corrected chi connectivity index (χ2v) is 3.36. The van der Waals surface area contributed by atoms with E-state index >= 15 is 0 Å². The molecule has 0 aliphatic heterocycles. The quantitative estimate of drug-likeness (QED) is 0.753. The first-order valence-corrected chi connectivity index (χ1v) is 4.44. The van der Waals surface area contributed by atoms with Crippen LogP contribution < -0.4 is 0 Å². The van der Waals surface area contributed by atoms with Crippen molar-refractivity contribution in [3.05, 3.63) is 30.1 Å². The molecule has 1 N–H and O–H groups in total. The Kier molecular flexibility index (Phi) is 3.86. The molecule has 1 atom stereocenters. The van der Waals surface area contributed by atoms with Crippen LogP contribution >= 0.6 is 0 Å². The van der Waals surface area contributed by atoms with E-state index in [1.54, 1.807) is 6.20 Å². The van der Waals surface area contributed by atoms with Crippen LogP contribution in [0.3, 0.4) is 0 Å². The average Bonchev–Trinajstić information content (AvgIpc) is 2.15. The molecule has 1 rings (SSSR count). The summed E-state index contributed by atoms with van der Waals surface area (Å²) in [6, 6.07) is 5.59. The van der Waals surface area contributed by atoms with Gasteiger partial charge in [-0.15, -0.1) is 0 Å².